The first kappa shape index (κ1) is 15.6. The molecular formula is C9H18F3NO3. The number of rotatable bonds is 10. The van der Waals surface area contributed by atoms with Crippen LogP contribution in [0.3, 0.4) is 0 Å². The molecule has 0 atom stereocenters. The molecule has 7 heteroatoms. The van der Waals surface area contributed by atoms with Gasteiger partial charge in [-0.2, -0.15) is 13.2 Å². The maximum absolute atomic E-state index is 11.6. The lowest BCUT2D eigenvalue weighted by Gasteiger charge is -2.08. The molecule has 0 saturated carbocycles. The monoisotopic (exact) mass is 245 g/mol. The second-order valence-electron chi connectivity index (χ2n) is 3.11. The molecule has 0 aliphatic carbocycles. The van der Waals surface area contributed by atoms with E-state index in [-0.39, 0.29) is 13.2 Å². The van der Waals surface area contributed by atoms with Crippen LogP contribution < -0.4 is 5.32 Å². The van der Waals surface area contributed by atoms with Crippen molar-refractivity contribution in [2.75, 3.05) is 46.1 Å². The molecule has 0 aromatic heterocycles. The Morgan fingerprint density at radius 3 is 2.38 bits per heavy atom. The van der Waals surface area contributed by atoms with Crippen molar-refractivity contribution >= 4 is 0 Å². The largest absolute Gasteiger partial charge is 0.411 e. The molecule has 0 aliphatic heterocycles. The first-order valence-corrected chi connectivity index (χ1v) is 5.10. The standard InChI is InChI=1S/C9H18F3NO3/c10-9(11,12)8-16-5-1-2-13-3-6-15-7-4-14/h13-14H,1-8H2. The van der Waals surface area contributed by atoms with Gasteiger partial charge in [0.15, 0.2) is 0 Å². The van der Waals surface area contributed by atoms with E-state index in [1.165, 1.54) is 0 Å². The van der Waals surface area contributed by atoms with Gasteiger partial charge < -0.3 is 19.9 Å². The third kappa shape index (κ3) is 13.6. The van der Waals surface area contributed by atoms with Gasteiger partial charge in [0.05, 0.1) is 19.8 Å². The van der Waals surface area contributed by atoms with E-state index < -0.39 is 12.8 Å². The van der Waals surface area contributed by atoms with E-state index in [1.807, 2.05) is 0 Å². The maximum Gasteiger partial charge on any atom is 0.411 e. The van der Waals surface area contributed by atoms with Gasteiger partial charge in [-0.05, 0) is 13.0 Å². The SMILES string of the molecule is OCCOCCNCCCOCC(F)(F)F. The summed E-state index contributed by atoms with van der Waals surface area (Å²) in [6.45, 7) is 0.863. The van der Waals surface area contributed by atoms with Crippen molar-refractivity contribution in [2.45, 2.75) is 12.6 Å². The van der Waals surface area contributed by atoms with Gasteiger partial charge in [0.1, 0.15) is 6.61 Å². The molecule has 0 spiro atoms. The molecule has 0 radical (unpaired) electrons. The summed E-state index contributed by atoms with van der Waals surface area (Å²) in [5.41, 5.74) is 0. The number of aliphatic hydroxyl groups is 1. The van der Waals surface area contributed by atoms with Crippen LogP contribution in [0.5, 0.6) is 0 Å². The van der Waals surface area contributed by atoms with Crippen LogP contribution in [0, 0.1) is 0 Å². The summed E-state index contributed by atoms with van der Waals surface area (Å²) < 4.78 is 44.3. The number of nitrogens with one attached hydrogen (secondary N) is 1. The van der Waals surface area contributed by atoms with Gasteiger partial charge in [-0.1, -0.05) is 0 Å². The minimum absolute atomic E-state index is 0.00865. The summed E-state index contributed by atoms with van der Waals surface area (Å²) in [4.78, 5) is 0. The second kappa shape index (κ2) is 9.83. The van der Waals surface area contributed by atoms with Crippen molar-refractivity contribution in [1.29, 1.82) is 0 Å². The highest BCUT2D eigenvalue weighted by Gasteiger charge is 2.26. The van der Waals surface area contributed by atoms with Gasteiger partial charge in [-0.15, -0.1) is 0 Å². The van der Waals surface area contributed by atoms with Crippen LogP contribution in [0.15, 0.2) is 0 Å². The highest BCUT2D eigenvalue weighted by atomic mass is 19.4. The molecular weight excluding hydrogens is 227 g/mol. The van der Waals surface area contributed by atoms with E-state index in [1.54, 1.807) is 0 Å². The summed E-state index contributed by atoms with van der Waals surface area (Å²) in [6.07, 6.45) is -3.72. The van der Waals surface area contributed by atoms with Crippen molar-refractivity contribution in [3.05, 3.63) is 0 Å². The Labute approximate surface area is 92.7 Å². The van der Waals surface area contributed by atoms with E-state index in [4.69, 9.17) is 9.84 Å². The number of halogens is 3. The average Bonchev–Trinajstić information content (AvgIpc) is 2.19. The molecule has 2 N–H and O–H groups in total. The Morgan fingerprint density at radius 2 is 1.75 bits per heavy atom. The van der Waals surface area contributed by atoms with Gasteiger partial charge in [0, 0.05) is 13.2 Å². The van der Waals surface area contributed by atoms with Crippen LogP contribution in [0.25, 0.3) is 0 Å². The number of alkyl halides is 3. The summed E-state index contributed by atoms with van der Waals surface area (Å²) in [5, 5.41) is 11.4. The highest BCUT2D eigenvalue weighted by Crippen LogP contribution is 2.14. The molecule has 16 heavy (non-hydrogen) atoms. The fourth-order valence-electron chi connectivity index (χ4n) is 0.923. The van der Waals surface area contributed by atoms with Crippen molar-refractivity contribution in [2.24, 2.45) is 0 Å². The molecule has 0 heterocycles. The predicted molar refractivity (Wildman–Crippen MR) is 52.3 cm³/mol. The van der Waals surface area contributed by atoms with E-state index in [0.717, 1.165) is 0 Å². The molecule has 0 aliphatic rings. The molecule has 98 valence electrons. The van der Waals surface area contributed by atoms with Crippen LogP contribution in [0.1, 0.15) is 6.42 Å². The summed E-state index contributed by atoms with van der Waals surface area (Å²) in [7, 11) is 0. The first-order valence-electron chi connectivity index (χ1n) is 5.10. The van der Waals surface area contributed by atoms with E-state index >= 15 is 0 Å². The zero-order chi connectivity index (χ0) is 12.3. The first-order chi connectivity index (χ1) is 7.56. The van der Waals surface area contributed by atoms with Crippen molar-refractivity contribution in [3.8, 4) is 0 Å². The molecule has 0 saturated heterocycles. The van der Waals surface area contributed by atoms with E-state index in [2.05, 4.69) is 10.1 Å². The quantitative estimate of drug-likeness (QED) is 0.552. The normalized spacial score (nSPS) is 12.0. The average molecular weight is 245 g/mol. The minimum atomic E-state index is -4.24. The predicted octanol–water partition coefficient (Wildman–Crippen LogP) is 0.554. The Bertz CT molecular complexity index is 155. The number of hydrogen-bond acceptors (Lipinski definition) is 4. The Morgan fingerprint density at radius 1 is 1.00 bits per heavy atom. The molecule has 0 amide bonds. The lowest BCUT2D eigenvalue weighted by atomic mass is 10.4. The second-order valence-corrected chi connectivity index (χ2v) is 3.11. The molecule has 0 aromatic rings. The smallest absolute Gasteiger partial charge is 0.394 e. The zero-order valence-corrected chi connectivity index (χ0v) is 9.05. The fourth-order valence-corrected chi connectivity index (χ4v) is 0.923. The lowest BCUT2D eigenvalue weighted by Crippen LogP contribution is -2.23. The number of hydrogen-bond donors (Lipinski definition) is 2. The van der Waals surface area contributed by atoms with Crippen LogP contribution in [-0.2, 0) is 9.47 Å². The summed E-state index contributed by atoms with van der Waals surface area (Å²) in [5.74, 6) is 0. The molecule has 0 rings (SSSR count). The topological polar surface area (TPSA) is 50.7 Å². The molecule has 0 bridgehead atoms. The summed E-state index contributed by atoms with van der Waals surface area (Å²) in [6, 6.07) is 0. The van der Waals surface area contributed by atoms with Crippen LogP contribution in [0.2, 0.25) is 0 Å². The third-order valence-electron chi connectivity index (χ3n) is 1.57. The van der Waals surface area contributed by atoms with Crippen molar-refractivity contribution in [1.82, 2.24) is 5.32 Å². The molecule has 0 fully saturated rings. The van der Waals surface area contributed by atoms with E-state index in [0.29, 0.717) is 32.7 Å². The Balaban J connectivity index is 2.99. The lowest BCUT2D eigenvalue weighted by molar-refractivity contribution is -0.173. The van der Waals surface area contributed by atoms with Crippen LogP contribution in [-0.4, -0.2) is 57.4 Å². The minimum Gasteiger partial charge on any atom is -0.394 e. The fraction of sp³-hybridized carbons (Fsp3) is 1.00. The maximum atomic E-state index is 11.6. The van der Waals surface area contributed by atoms with Crippen LogP contribution >= 0.6 is 0 Å². The van der Waals surface area contributed by atoms with Crippen molar-refractivity contribution in [3.63, 3.8) is 0 Å². The molecule has 4 nitrogen and oxygen atoms in total. The molecule has 0 aromatic carbocycles. The number of ether oxygens (including phenoxy) is 2. The van der Waals surface area contributed by atoms with Gasteiger partial charge in [-0.3, -0.25) is 0 Å². The molecule has 0 unspecified atom stereocenters. The van der Waals surface area contributed by atoms with E-state index in [9.17, 15) is 13.2 Å². The van der Waals surface area contributed by atoms with Gasteiger partial charge in [0.25, 0.3) is 0 Å². The van der Waals surface area contributed by atoms with Gasteiger partial charge >= 0.3 is 6.18 Å². The Kier molecular flexibility index (Phi) is 9.60. The van der Waals surface area contributed by atoms with Gasteiger partial charge in [-0.25, -0.2) is 0 Å². The Hall–Kier alpha value is -0.370. The third-order valence-corrected chi connectivity index (χ3v) is 1.57. The summed E-state index contributed by atoms with van der Waals surface area (Å²) >= 11 is 0. The van der Waals surface area contributed by atoms with Gasteiger partial charge in [0.2, 0.25) is 0 Å². The van der Waals surface area contributed by atoms with Crippen molar-refractivity contribution < 1.29 is 27.8 Å². The zero-order valence-electron chi connectivity index (χ0n) is 9.05. The highest BCUT2D eigenvalue weighted by molar-refractivity contribution is 4.49. The van der Waals surface area contributed by atoms with Crippen LogP contribution in [0.4, 0.5) is 13.2 Å². The number of aliphatic hydroxyl groups excluding tert-OH is 1.